The van der Waals surface area contributed by atoms with E-state index in [1.165, 1.54) is 10.3 Å². The van der Waals surface area contributed by atoms with E-state index in [0.29, 0.717) is 32.3 Å². The number of esters is 1. The Morgan fingerprint density at radius 2 is 1.93 bits per heavy atom. The molecule has 154 valence electrons. The summed E-state index contributed by atoms with van der Waals surface area (Å²) in [5, 5.41) is 5.46. The summed E-state index contributed by atoms with van der Waals surface area (Å²) in [6.07, 6.45) is 2.66. The molecule has 1 fully saturated rings. The van der Waals surface area contributed by atoms with Crippen molar-refractivity contribution in [1.82, 2.24) is 10.2 Å². The summed E-state index contributed by atoms with van der Waals surface area (Å²) in [5.74, 6) is -0.515. The quantitative estimate of drug-likeness (QED) is 0.696. The van der Waals surface area contributed by atoms with E-state index in [2.05, 4.69) is 35.6 Å². The molecule has 6 heteroatoms. The normalized spacial score (nSPS) is 18.5. The van der Waals surface area contributed by atoms with Gasteiger partial charge in [-0.15, -0.1) is 0 Å². The number of nitrogens with one attached hydrogen (secondary N) is 1. The van der Waals surface area contributed by atoms with E-state index in [1.807, 2.05) is 12.1 Å². The second-order valence-corrected chi connectivity index (χ2v) is 7.74. The molecule has 2 aromatic carbocycles. The van der Waals surface area contributed by atoms with Crippen LogP contribution in [0.4, 0.5) is 0 Å². The maximum absolute atomic E-state index is 12.5. The smallest absolute Gasteiger partial charge is 0.325 e. The molecular weight excluding hydrogens is 368 g/mol. The fourth-order valence-electron chi connectivity index (χ4n) is 3.95. The van der Waals surface area contributed by atoms with Crippen LogP contribution in [0.15, 0.2) is 42.5 Å². The molecule has 1 unspecified atom stereocenters. The van der Waals surface area contributed by atoms with Gasteiger partial charge in [-0.1, -0.05) is 42.5 Å². The lowest BCUT2D eigenvalue weighted by atomic mass is 9.84. The fraction of sp³-hybridized carbons (Fsp3) is 0.435. The maximum atomic E-state index is 12.5. The average Bonchev–Trinajstić information content (AvgIpc) is 3.06. The second kappa shape index (κ2) is 9.07. The van der Waals surface area contributed by atoms with Crippen LogP contribution in [0.3, 0.4) is 0 Å². The van der Waals surface area contributed by atoms with Gasteiger partial charge >= 0.3 is 5.97 Å². The Hall–Kier alpha value is -2.89. The van der Waals surface area contributed by atoms with E-state index in [1.54, 1.807) is 14.0 Å². The zero-order valence-corrected chi connectivity index (χ0v) is 17.1. The van der Waals surface area contributed by atoms with Crippen LogP contribution in [-0.4, -0.2) is 48.4 Å². The molecule has 6 nitrogen and oxygen atoms in total. The summed E-state index contributed by atoms with van der Waals surface area (Å²) in [7, 11) is 1.60. The van der Waals surface area contributed by atoms with Crippen LogP contribution in [0.2, 0.25) is 0 Å². The highest BCUT2D eigenvalue weighted by atomic mass is 16.5. The van der Waals surface area contributed by atoms with Crippen LogP contribution in [0.5, 0.6) is 0 Å². The molecule has 1 atom stereocenters. The highest BCUT2D eigenvalue weighted by Gasteiger charge is 2.38. The minimum atomic E-state index is -0.431. The fourth-order valence-corrected chi connectivity index (χ4v) is 3.95. The number of rotatable bonds is 8. The van der Waals surface area contributed by atoms with Gasteiger partial charge < -0.3 is 15.0 Å². The van der Waals surface area contributed by atoms with Crippen LogP contribution in [0.25, 0.3) is 10.8 Å². The molecule has 29 heavy (non-hydrogen) atoms. The molecule has 0 radical (unpaired) electrons. The summed E-state index contributed by atoms with van der Waals surface area (Å²) < 4.78 is 4.90. The number of fused-ring (bicyclic) bond motifs is 1. The molecule has 1 aliphatic heterocycles. The van der Waals surface area contributed by atoms with Crippen molar-refractivity contribution in [3.05, 3.63) is 48.0 Å². The Labute approximate surface area is 171 Å². The molecule has 0 bridgehead atoms. The molecule has 0 aromatic heterocycles. The number of hydrogen-bond acceptors (Lipinski definition) is 4. The minimum absolute atomic E-state index is 0.0260. The van der Waals surface area contributed by atoms with Crippen LogP contribution in [0, 0.1) is 0 Å². The highest BCUT2D eigenvalue weighted by Crippen LogP contribution is 2.30. The van der Waals surface area contributed by atoms with Crippen molar-refractivity contribution in [2.75, 3.05) is 20.2 Å². The molecule has 2 amide bonds. The van der Waals surface area contributed by atoms with Crippen LogP contribution < -0.4 is 5.32 Å². The van der Waals surface area contributed by atoms with Gasteiger partial charge in [0.25, 0.3) is 0 Å². The predicted molar refractivity (Wildman–Crippen MR) is 111 cm³/mol. The summed E-state index contributed by atoms with van der Waals surface area (Å²) >= 11 is 0. The maximum Gasteiger partial charge on any atom is 0.325 e. The third kappa shape index (κ3) is 5.34. The van der Waals surface area contributed by atoms with Crippen LogP contribution in [-0.2, 0) is 25.5 Å². The summed E-state index contributed by atoms with van der Waals surface area (Å²) in [4.78, 5) is 37.5. The molecule has 1 heterocycles. The standard InChI is InChI=1S/C23H28N2O4/c1-3-29-22(28)16-25(2)21(27)11-13-23(12-10-20(26)24-23)15-17-8-9-18-6-4-5-7-19(18)14-17/h4-9,14H,3,10-13,15-16H2,1-2H3,(H,24,26). The van der Waals surface area contributed by atoms with Crippen molar-refractivity contribution in [3.63, 3.8) is 0 Å². The molecule has 1 N–H and O–H groups in total. The average molecular weight is 396 g/mol. The molecule has 1 saturated heterocycles. The monoisotopic (exact) mass is 396 g/mol. The first-order valence-corrected chi connectivity index (χ1v) is 10.1. The van der Waals surface area contributed by atoms with Gasteiger partial charge in [-0.3, -0.25) is 14.4 Å². The van der Waals surface area contributed by atoms with E-state index in [9.17, 15) is 14.4 Å². The topological polar surface area (TPSA) is 75.7 Å². The molecule has 0 spiro atoms. The Balaban J connectivity index is 1.67. The van der Waals surface area contributed by atoms with Crippen molar-refractivity contribution < 1.29 is 19.1 Å². The van der Waals surface area contributed by atoms with Crippen molar-refractivity contribution >= 4 is 28.6 Å². The van der Waals surface area contributed by atoms with Gasteiger partial charge in [0.05, 0.1) is 6.61 Å². The first-order chi connectivity index (χ1) is 13.9. The number of benzene rings is 2. The van der Waals surface area contributed by atoms with Gasteiger partial charge in [0.1, 0.15) is 6.54 Å². The summed E-state index contributed by atoms with van der Waals surface area (Å²) in [5.41, 5.74) is 0.707. The van der Waals surface area contributed by atoms with Crippen molar-refractivity contribution in [2.45, 2.75) is 44.6 Å². The van der Waals surface area contributed by atoms with E-state index in [0.717, 1.165) is 10.9 Å². The Kier molecular flexibility index (Phi) is 6.52. The third-order valence-corrected chi connectivity index (χ3v) is 5.51. The van der Waals surface area contributed by atoms with Crippen LogP contribution >= 0.6 is 0 Å². The van der Waals surface area contributed by atoms with Gasteiger partial charge in [0.2, 0.25) is 11.8 Å². The first kappa shape index (κ1) is 20.8. The Morgan fingerprint density at radius 3 is 2.62 bits per heavy atom. The van der Waals surface area contributed by atoms with Crippen molar-refractivity contribution in [3.8, 4) is 0 Å². The SMILES string of the molecule is CCOC(=O)CN(C)C(=O)CCC1(Cc2ccc3ccccc3c2)CCC(=O)N1. The number of hydrogen-bond donors (Lipinski definition) is 1. The predicted octanol–water partition coefficient (Wildman–Crippen LogP) is 2.83. The molecule has 0 aliphatic carbocycles. The van der Waals surface area contributed by atoms with E-state index >= 15 is 0 Å². The Bertz CT molecular complexity index is 911. The van der Waals surface area contributed by atoms with Gasteiger partial charge in [-0.2, -0.15) is 0 Å². The minimum Gasteiger partial charge on any atom is -0.465 e. The number of likely N-dealkylation sites (N-methyl/N-ethyl adjacent to an activating group) is 1. The number of nitrogens with zero attached hydrogens (tertiary/aromatic N) is 1. The van der Waals surface area contributed by atoms with E-state index in [-0.39, 0.29) is 24.8 Å². The molecule has 0 saturated carbocycles. The Morgan fingerprint density at radius 1 is 1.17 bits per heavy atom. The molecular formula is C23H28N2O4. The third-order valence-electron chi connectivity index (χ3n) is 5.51. The van der Waals surface area contributed by atoms with Gasteiger partial charge in [0, 0.05) is 25.4 Å². The van der Waals surface area contributed by atoms with Crippen LogP contribution in [0.1, 0.15) is 38.2 Å². The summed E-state index contributed by atoms with van der Waals surface area (Å²) in [6, 6.07) is 14.5. The van der Waals surface area contributed by atoms with Gasteiger partial charge in [0.15, 0.2) is 0 Å². The zero-order valence-electron chi connectivity index (χ0n) is 17.1. The zero-order chi connectivity index (χ0) is 20.9. The second-order valence-electron chi connectivity index (χ2n) is 7.74. The summed E-state index contributed by atoms with van der Waals surface area (Å²) in [6.45, 7) is 1.97. The number of ether oxygens (including phenoxy) is 1. The lowest BCUT2D eigenvalue weighted by Crippen LogP contribution is -2.45. The lowest BCUT2D eigenvalue weighted by Gasteiger charge is -2.30. The highest BCUT2D eigenvalue weighted by molar-refractivity contribution is 5.84. The van der Waals surface area contributed by atoms with Crippen molar-refractivity contribution in [2.24, 2.45) is 0 Å². The van der Waals surface area contributed by atoms with Gasteiger partial charge in [-0.25, -0.2) is 0 Å². The number of amides is 2. The van der Waals surface area contributed by atoms with Gasteiger partial charge in [-0.05, 0) is 42.5 Å². The number of carbonyl (C=O) groups excluding carboxylic acids is 3. The first-order valence-electron chi connectivity index (χ1n) is 10.1. The number of carbonyl (C=O) groups is 3. The lowest BCUT2D eigenvalue weighted by molar-refractivity contribution is -0.148. The molecule has 1 aliphatic rings. The van der Waals surface area contributed by atoms with E-state index < -0.39 is 11.5 Å². The largest absolute Gasteiger partial charge is 0.465 e. The van der Waals surface area contributed by atoms with Crippen molar-refractivity contribution in [1.29, 1.82) is 0 Å². The molecule has 3 rings (SSSR count). The van der Waals surface area contributed by atoms with E-state index in [4.69, 9.17) is 4.74 Å². The molecule has 2 aromatic rings.